The average molecular weight is 413 g/mol. The molecule has 1 aliphatic carbocycles. The predicted octanol–water partition coefficient (Wildman–Crippen LogP) is 4.56. The standard InChI is InChI=1S/C22H23N9/c1-13(2)31-12-24-19-20(26-18-11-17(29-30-18)15-5-6-15)27-22(28-21(19)31)25-16-7-3-14(4-8-16)9-10-23/h3-4,7-8,11-13,15H,5-6,9H2,1-2H3,(H3,25,26,27,28,29,30). The Kier molecular flexibility index (Phi) is 4.75. The summed E-state index contributed by atoms with van der Waals surface area (Å²) in [7, 11) is 0. The number of benzene rings is 1. The van der Waals surface area contributed by atoms with Gasteiger partial charge in [-0.25, -0.2) is 4.98 Å². The molecule has 4 aromatic rings. The molecular weight excluding hydrogens is 390 g/mol. The number of aromatic nitrogens is 6. The van der Waals surface area contributed by atoms with Crippen molar-refractivity contribution in [2.24, 2.45) is 0 Å². The van der Waals surface area contributed by atoms with Gasteiger partial charge in [0.2, 0.25) is 5.95 Å². The minimum Gasteiger partial charge on any atom is -0.324 e. The Balaban J connectivity index is 1.49. The number of fused-ring (bicyclic) bond motifs is 1. The van der Waals surface area contributed by atoms with Crippen LogP contribution in [0.15, 0.2) is 36.7 Å². The van der Waals surface area contributed by atoms with Crippen molar-refractivity contribution >= 4 is 34.4 Å². The Morgan fingerprint density at radius 3 is 2.71 bits per heavy atom. The second kappa shape index (κ2) is 7.72. The van der Waals surface area contributed by atoms with E-state index in [0.29, 0.717) is 35.4 Å². The lowest BCUT2D eigenvalue weighted by atomic mass is 10.1. The fourth-order valence-corrected chi connectivity index (χ4v) is 3.49. The van der Waals surface area contributed by atoms with Gasteiger partial charge in [-0.05, 0) is 44.4 Å². The number of hydrogen-bond donors (Lipinski definition) is 3. The molecule has 3 heterocycles. The number of anilines is 4. The van der Waals surface area contributed by atoms with Gasteiger partial charge in [0.25, 0.3) is 0 Å². The first-order chi connectivity index (χ1) is 15.1. The molecule has 3 aromatic heterocycles. The molecule has 0 bridgehead atoms. The van der Waals surface area contributed by atoms with Crippen LogP contribution >= 0.6 is 0 Å². The number of nitriles is 1. The fraction of sp³-hybridized carbons (Fsp3) is 0.318. The summed E-state index contributed by atoms with van der Waals surface area (Å²) in [6.45, 7) is 4.18. The van der Waals surface area contributed by atoms with Crippen LogP contribution in [0, 0.1) is 11.3 Å². The Labute approximate surface area is 179 Å². The highest BCUT2D eigenvalue weighted by Gasteiger charge is 2.26. The van der Waals surface area contributed by atoms with Gasteiger partial charge in [-0.3, -0.25) is 5.10 Å². The van der Waals surface area contributed by atoms with Crippen LogP contribution in [-0.2, 0) is 6.42 Å². The lowest BCUT2D eigenvalue weighted by Crippen LogP contribution is -2.05. The molecule has 3 N–H and O–H groups in total. The molecule has 1 fully saturated rings. The molecule has 0 spiro atoms. The maximum Gasteiger partial charge on any atom is 0.231 e. The highest BCUT2D eigenvalue weighted by atomic mass is 15.3. The van der Waals surface area contributed by atoms with E-state index in [1.165, 1.54) is 12.8 Å². The first-order valence-electron chi connectivity index (χ1n) is 10.4. The molecule has 1 saturated carbocycles. The van der Waals surface area contributed by atoms with Crippen molar-refractivity contribution in [1.82, 2.24) is 29.7 Å². The highest BCUT2D eigenvalue weighted by Crippen LogP contribution is 2.39. The zero-order valence-electron chi connectivity index (χ0n) is 17.4. The molecule has 0 saturated heterocycles. The zero-order chi connectivity index (χ0) is 21.4. The zero-order valence-corrected chi connectivity index (χ0v) is 17.4. The molecule has 9 heteroatoms. The number of H-pyrrole nitrogens is 1. The van der Waals surface area contributed by atoms with E-state index >= 15 is 0 Å². The molecule has 31 heavy (non-hydrogen) atoms. The number of aromatic amines is 1. The summed E-state index contributed by atoms with van der Waals surface area (Å²) < 4.78 is 2.02. The summed E-state index contributed by atoms with van der Waals surface area (Å²) >= 11 is 0. The van der Waals surface area contributed by atoms with Crippen LogP contribution in [0.3, 0.4) is 0 Å². The van der Waals surface area contributed by atoms with Crippen LogP contribution in [0.25, 0.3) is 11.2 Å². The van der Waals surface area contributed by atoms with Gasteiger partial charge < -0.3 is 15.2 Å². The number of rotatable bonds is 7. The maximum atomic E-state index is 8.85. The Morgan fingerprint density at radius 1 is 1.19 bits per heavy atom. The molecule has 0 aliphatic heterocycles. The smallest absolute Gasteiger partial charge is 0.231 e. The SMILES string of the molecule is CC(C)n1cnc2c(Nc3cc(C4CC4)[nH]n3)nc(Nc3ccc(CC#N)cc3)nc21. The van der Waals surface area contributed by atoms with Gasteiger partial charge in [0.1, 0.15) is 0 Å². The van der Waals surface area contributed by atoms with E-state index in [0.717, 1.165) is 22.6 Å². The minimum absolute atomic E-state index is 0.206. The van der Waals surface area contributed by atoms with Crippen molar-refractivity contribution in [3.63, 3.8) is 0 Å². The van der Waals surface area contributed by atoms with Gasteiger partial charge in [-0.1, -0.05) is 12.1 Å². The molecule has 1 aromatic carbocycles. The summed E-state index contributed by atoms with van der Waals surface area (Å²) in [6, 6.07) is 12.1. The van der Waals surface area contributed by atoms with Crippen LogP contribution < -0.4 is 10.6 Å². The summed E-state index contributed by atoms with van der Waals surface area (Å²) in [5, 5.41) is 22.9. The first kappa shape index (κ1) is 19.1. The second-order valence-corrected chi connectivity index (χ2v) is 8.08. The van der Waals surface area contributed by atoms with Crippen molar-refractivity contribution in [3.8, 4) is 6.07 Å². The number of nitrogens with zero attached hydrogens (tertiary/aromatic N) is 6. The second-order valence-electron chi connectivity index (χ2n) is 8.08. The number of hydrogen-bond acceptors (Lipinski definition) is 7. The van der Waals surface area contributed by atoms with Crippen molar-refractivity contribution in [3.05, 3.63) is 47.9 Å². The van der Waals surface area contributed by atoms with Gasteiger partial charge in [-0.2, -0.15) is 20.3 Å². The van der Waals surface area contributed by atoms with E-state index in [-0.39, 0.29) is 6.04 Å². The van der Waals surface area contributed by atoms with E-state index in [1.807, 2.05) is 34.9 Å². The summed E-state index contributed by atoms with van der Waals surface area (Å²) in [5.41, 5.74) is 4.40. The van der Waals surface area contributed by atoms with Crippen molar-refractivity contribution in [1.29, 1.82) is 5.26 Å². The van der Waals surface area contributed by atoms with E-state index in [2.05, 4.69) is 50.7 Å². The van der Waals surface area contributed by atoms with Crippen LogP contribution in [0.4, 0.5) is 23.3 Å². The molecule has 0 unspecified atom stereocenters. The molecule has 5 rings (SSSR count). The third-order valence-electron chi connectivity index (χ3n) is 5.33. The molecule has 1 aliphatic rings. The van der Waals surface area contributed by atoms with E-state index in [9.17, 15) is 0 Å². The Morgan fingerprint density at radius 2 is 2.00 bits per heavy atom. The van der Waals surface area contributed by atoms with Gasteiger partial charge in [0.15, 0.2) is 22.8 Å². The lowest BCUT2D eigenvalue weighted by Gasteiger charge is -2.11. The van der Waals surface area contributed by atoms with Crippen molar-refractivity contribution in [2.45, 2.75) is 45.1 Å². The van der Waals surface area contributed by atoms with Crippen LogP contribution in [0.5, 0.6) is 0 Å². The van der Waals surface area contributed by atoms with Gasteiger partial charge in [-0.15, -0.1) is 0 Å². The van der Waals surface area contributed by atoms with Gasteiger partial charge >= 0.3 is 0 Å². The van der Waals surface area contributed by atoms with Crippen LogP contribution in [-0.4, -0.2) is 29.7 Å². The van der Waals surface area contributed by atoms with Crippen molar-refractivity contribution < 1.29 is 0 Å². The van der Waals surface area contributed by atoms with Crippen molar-refractivity contribution in [2.75, 3.05) is 10.6 Å². The largest absolute Gasteiger partial charge is 0.324 e. The third kappa shape index (κ3) is 3.92. The predicted molar refractivity (Wildman–Crippen MR) is 119 cm³/mol. The average Bonchev–Trinajstić information content (AvgIpc) is 3.34. The number of imidazole rings is 1. The monoisotopic (exact) mass is 413 g/mol. The fourth-order valence-electron chi connectivity index (χ4n) is 3.49. The van der Waals surface area contributed by atoms with E-state index in [1.54, 1.807) is 6.33 Å². The lowest BCUT2D eigenvalue weighted by molar-refractivity contribution is 0.613. The third-order valence-corrected chi connectivity index (χ3v) is 5.33. The maximum absolute atomic E-state index is 8.85. The molecule has 156 valence electrons. The Bertz CT molecular complexity index is 1260. The van der Waals surface area contributed by atoms with Gasteiger partial charge in [0.05, 0.1) is 18.8 Å². The number of nitrogens with one attached hydrogen (secondary N) is 3. The van der Waals surface area contributed by atoms with Crippen LogP contribution in [0.2, 0.25) is 0 Å². The molecule has 9 nitrogen and oxygen atoms in total. The van der Waals surface area contributed by atoms with E-state index < -0.39 is 0 Å². The normalized spacial score (nSPS) is 13.5. The minimum atomic E-state index is 0.206. The molecule has 0 amide bonds. The highest BCUT2D eigenvalue weighted by molar-refractivity contribution is 5.86. The summed E-state index contributed by atoms with van der Waals surface area (Å²) in [6.07, 6.45) is 4.59. The van der Waals surface area contributed by atoms with Crippen LogP contribution in [0.1, 0.15) is 49.9 Å². The summed E-state index contributed by atoms with van der Waals surface area (Å²) in [4.78, 5) is 13.9. The van der Waals surface area contributed by atoms with E-state index in [4.69, 9.17) is 10.2 Å². The molecular formula is C22H23N9. The topological polar surface area (TPSA) is 120 Å². The molecule has 0 radical (unpaired) electrons. The Hall–Kier alpha value is -3.93. The molecule has 0 atom stereocenters. The summed E-state index contributed by atoms with van der Waals surface area (Å²) in [5.74, 6) is 2.37. The quantitative estimate of drug-likeness (QED) is 0.406. The van der Waals surface area contributed by atoms with Gasteiger partial charge in [0, 0.05) is 29.4 Å². The first-order valence-corrected chi connectivity index (χ1v) is 10.4.